The number of hydrogen-bond donors (Lipinski definition) is 0. The average molecular weight is 364 g/mol. The maximum atomic E-state index is 11.9. The van der Waals surface area contributed by atoms with Crippen molar-refractivity contribution in [3.63, 3.8) is 0 Å². The second kappa shape index (κ2) is 9.05. The molecule has 3 aliphatic rings. The zero-order chi connectivity index (χ0) is 18.6. The molecule has 0 unspecified atom stereocenters. The van der Waals surface area contributed by atoms with Gasteiger partial charge in [-0.15, -0.1) is 0 Å². The summed E-state index contributed by atoms with van der Waals surface area (Å²) in [7, 11) is 0. The molecular formula is C22H41N3O. The number of carbonyl (C=O) groups excluding carboxylic acids is 1. The number of carbonyl (C=O) groups is 1. The number of rotatable bonds is 5. The fourth-order valence-electron chi connectivity index (χ4n) is 5.40. The molecule has 0 radical (unpaired) electrons. The summed E-state index contributed by atoms with van der Waals surface area (Å²) in [5.74, 6) is 2.06. The SMILES string of the molecule is CCC(=O)N1CCC2(CCN(CC3CCN(CC(C)C)CC3)CC2)CC1. The maximum Gasteiger partial charge on any atom is 0.222 e. The Morgan fingerprint density at radius 3 is 2.04 bits per heavy atom. The molecule has 0 bridgehead atoms. The molecule has 0 saturated carbocycles. The van der Waals surface area contributed by atoms with E-state index in [1.165, 1.54) is 77.8 Å². The summed E-state index contributed by atoms with van der Waals surface area (Å²) in [5.41, 5.74) is 0.543. The van der Waals surface area contributed by atoms with E-state index in [1.54, 1.807) is 0 Å². The average Bonchev–Trinajstić information content (AvgIpc) is 2.65. The van der Waals surface area contributed by atoms with Crippen molar-refractivity contribution in [2.24, 2.45) is 17.3 Å². The molecule has 3 fully saturated rings. The lowest BCUT2D eigenvalue weighted by Gasteiger charge is -2.47. The van der Waals surface area contributed by atoms with Crippen LogP contribution >= 0.6 is 0 Å². The van der Waals surface area contributed by atoms with Gasteiger partial charge in [0, 0.05) is 32.6 Å². The first-order chi connectivity index (χ1) is 12.5. The molecule has 3 heterocycles. The quantitative estimate of drug-likeness (QED) is 0.748. The van der Waals surface area contributed by atoms with Crippen molar-refractivity contribution in [2.45, 2.75) is 65.7 Å². The fourth-order valence-corrected chi connectivity index (χ4v) is 5.40. The lowest BCUT2D eigenvalue weighted by Crippen LogP contribution is -2.49. The van der Waals surface area contributed by atoms with Crippen molar-refractivity contribution in [1.29, 1.82) is 0 Å². The van der Waals surface area contributed by atoms with Crippen molar-refractivity contribution < 1.29 is 4.79 Å². The summed E-state index contributed by atoms with van der Waals surface area (Å²) in [5, 5.41) is 0. The summed E-state index contributed by atoms with van der Waals surface area (Å²) in [4.78, 5) is 19.4. The zero-order valence-electron chi connectivity index (χ0n) is 17.5. The van der Waals surface area contributed by atoms with Gasteiger partial charge in [-0.1, -0.05) is 20.8 Å². The van der Waals surface area contributed by atoms with Gasteiger partial charge in [0.2, 0.25) is 5.91 Å². The van der Waals surface area contributed by atoms with Crippen LogP contribution in [0.4, 0.5) is 0 Å². The third kappa shape index (κ3) is 5.22. The van der Waals surface area contributed by atoms with Gasteiger partial charge in [0.25, 0.3) is 0 Å². The van der Waals surface area contributed by atoms with E-state index >= 15 is 0 Å². The molecule has 4 heteroatoms. The van der Waals surface area contributed by atoms with Gasteiger partial charge >= 0.3 is 0 Å². The van der Waals surface area contributed by atoms with Crippen LogP contribution < -0.4 is 0 Å². The zero-order valence-corrected chi connectivity index (χ0v) is 17.5. The molecule has 1 spiro atoms. The third-order valence-electron chi connectivity index (χ3n) is 7.24. The van der Waals surface area contributed by atoms with Crippen LogP contribution in [0.15, 0.2) is 0 Å². The number of amides is 1. The van der Waals surface area contributed by atoms with E-state index in [1.807, 2.05) is 6.92 Å². The highest BCUT2D eigenvalue weighted by Gasteiger charge is 2.38. The number of hydrogen-bond acceptors (Lipinski definition) is 3. The smallest absolute Gasteiger partial charge is 0.222 e. The van der Waals surface area contributed by atoms with Crippen LogP contribution in [-0.2, 0) is 4.79 Å². The van der Waals surface area contributed by atoms with Gasteiger partial charge in [0.05, 0.1) is 0 Å². The molecule has 0 aromatic rings. The maximum absolute atomic E-state index is 11.9. The molecule has 150 valence electrons. The first kappa shape index (κ1) is 20.1. The molecule has 4 nitrogen and oxygen atoms in total. The van der Waals surface area contributed by atoms with Crippen molar-refractivity contribution in [3.05, 3.63) is 0 Å². The number of likely N-dealkylation sites (tertiary alicyclic amines) is 3. The Hall–Kier alpha value is -0.610. The summed E-state index contributed by atoms with van der Waals surface area (Å²) >= 11 is 0. The van der Waals surface area contributed by atoms with E-state index in [9.17, 15) is 4.79 Å². The molecule has 26 heavy (non-hydrogen) atoms. The predicted octanol–water partition coefficient (Wildman–Crippen LogP) is 3.47. The minimum atomic E-state index is 0.348. The molecule has 1 amide bonds. The lowest BCUT2D eigenvalue weighted by atomic mass is 9.71. The molecule has 3 saturated heterocycles. The fraction of sp³-hybridized carbons (Fsp3) is 0.955. The standard InChI is InChI=1S/C22H41N3O/c1-4-21(26)25-15-9-22(10-16-25)7-13-24(14-8-22)18-20-5-11-23(12-6-20)17-19(2)3/h19-20H,4-18H2,1-3H3. The molecule has 0 aliphatic carbocycles. The molecular weight excluding hydrogens is 322 g/mol. The van der Waals surface area contributed by atoms with Crippen LogP contribution in [0.1, 0.15) is 65.7 Å². The van der Waals surface area contributed by atoms with Crippen LogP contribution in [-0.4, -0.2) is 73.0 Å². The Balaban J connectivity index is 1.36. The molecule has 3 rings (SSSR count). The monoisotopic (exact) mass is 363 g/mol. The third-order valence-corrected chi connectivity index (χ3v) is 7.24. The molecule has 3 aliphatic heterocycles. The predicted molar refractivity (Wildman–Crippen MR) is 108 cm³/mol. The van der Waals surface area contributed by atoms with Crippen molar-refractivity contribution in [3.8, 4) is 0 Å². The Bertz CT molecular complexity index is 438. The van der Waals surface area contributed by atoms with Crippen LogP contribution in [0.5, 0.6) is 0 Å². The second-order valence-corrected chi connectivity index (χ2v) is 9.67. The van der Waals surface area contributed by atoms with Gasteiger partial charge < -0.3 is 14.7 Å². The Labute approximate surface area is 161 Å². The second-order valence-electron chi connectivity index (χ2n) is 9.67. The van der Waals surface area contributed by atoms with Crippen molar-refractivity contribution >= 4 is 5.91 Å². The van der Waals surface area contributed by atoms with Gasteiger partial charge in [-0.25, -0.2) is 0 Å². The first-order valence-corrected chi connectivity index (χ1v) is 11.2. The minimum Gasteiger partial charge on any atom is -0.343 e. The van der Waals surface area contributed by atoms with E-state index in [0.717, 1.165) is 24.9 Å². The van der Waals surface area contributed by atoms with E-state index in [0.29, 0.717) is 17.7 Å². The van der Waals surface area contributed by atoms with Gasteiger partial charge in [-0.05, 0) is 82.0 Å². The van der Waals surface area contributed by atoms with Crippen LogP contribution in [0.3, 0.4) is 0 Å². The summed E-state index contributed by atoms with van der Waals surface area (Å²) in [6.07, 6.45) is 8.63. The van der Waals surface area contributed by atoms with Gasteiger partial charge in [0.1, 0.15) is 0 Å². The number of nitrogens with zero attached hydrogens (tertiary/aromatic N) is 3. The van der Waals surface area contributed by atoms with E-state index in [-0.39, 0.29) is 0 Å². The Morgan fingerprint density at radius 1 is 0.923 bits per heavy atom. The first-order valence-electron chi connectivity index (χ1n) is 11.2. The highest BCUT2D eigenvalue weighted by atomic mass is 16.2. The number of piperidine rings is 3. The molecule has 0 aromatic carbocycles. The summed E-state index contributed by atoms with van der Waals surface area (Å²) in [6.45, 7) is 16.4. The van der Waals surface area contributed by atoms with Crippen LogP contribution in [0.2, 0.25) is 0 Å². The van der Waals surface area contributed by atoms with Crippen molar-refractivity contribution in [2.75, 3.05) is 52.4 Å². The van der Waals surface area contributed by atoms with Crippen LogP contribution in [0.25, 0.3) is 0 Å². The van der Waals surface area contributed by atoms with Crippen molar-refractivity contribution in [1.82, 2.24) is 14.7 Å². The van der Waals surface area contributed by atoms with E-state index < -0.39 is 0 Å². The highest BCUT2D eigenvalue weighted by molar-refractivity contribution is 5.75. The molecule has 0 aromatic heterocycles. The van der Waals surface area contributed by atoms with Gasteiger partial charge in [0.15, 0.2) is 0 Å². The van der Waals surface area contributed by atoms with E-state index in [2.05, 4.69) is 28.5 Å². The minimum absolute atomic E-state index is 0.348. The molecule has 0 N–H and O–H groups in total. The van der Waals surface area contributed by atoms with Crippen LogP contribution in [0, 0.1) is 17.3 Å². The Kier molecular flexibility index (Phi) is 7.01. The lowest BCUT2D eigenvalue weighted by molar-refractivity contribution is -0.133. The highest BCUT2D eigenvalue weighted by Crippen LogP contribution is 2.41. The van der Waals surface area contributed by atoms with Gasteiger partial charge in [-0.3, -0.25) is 4.79 Å². The summed E-state index contributed by atoms with van der Waals surface area (Å²) in [6, 6.07) is 0. The summed E-state index contributed by atoms with van der Waals surface area (Å²) < 4.78 is 0. The van der Waals surface area contributed by atoms with E-state index in [4.69, 9.17) is 0 Å². The topological polar surface area (TPSA) is 26.8 Å². The normalized spacial score (nSPS) is 25.9. The Morgan fingerprint density at radius 2 is 1.50 bits per heavy atom. The molecule has 0 atom stereocenters. The largest absolute Gasteiger partial charge is 0.343 e. The van der Waals surface area contributed by atoms with Gasteiger partial charge in [-0.2, -0.15) is 0 Å².